The van der Waals surface area contributed by atoms with E-state index in [0.717, 1.165) is 5.69 Å². The monoisotopic (exact) mass is 300 g/mol. The first-order valence-electron chi connectivity index (χ1n) is 5.77. The fourth-order valence-electron chi connectivity index (χ4n) is 1.78. The highest BCUT2D eigenvalue weighted by atomic mass is 35.5. The van der Waals surface area contributed by atoms with E-state index in [4.69, 9.17) is 27.7 Å². The van der Waals surface area contributed by atoms with Crippen LogP contribution in [-0.4, -0.2) is 22.2 Å². The van der Waals surface area contributed by atoms with Gasteiger partial charge in [-0.15, -0.1) is 0 Å². The fourth-order valence-corrected chi connectivity index (χ4v) is 2.27. The summed E-state index contributed by atoms with van der Waals surface area (Å²) in [6, 6.07) is 4.97. The molecule has 0 saturated carbocycles. The van der Waals surface area contributed by atoms with Crippen LogP contribution in [0.3, 0.4) is 0 Å². The lowest BCUT2D eigenvalue weighted by Gasteiger charge is -2.24. The van der Waals surface area contributed by atoms with Crippen LogP contribution in [0.5, 0.6) is 5.75 Å². The van der Waals surface area contributed by atoms with Gasteiger partial charge in [-0.05, 0) is 26.1 Å². The Kier molecular flexibility index (Phi) is 4.34. The Labute approximate surface area is 121 Å². The highest BCUT2D eigenvalue weighted by molar-refractivity contribution is 6.36. The molecule has 1 heterocycles. The van der Waals surface area contributed by atoms with Gasteiger partial charge in [-0.3, -0.25) is 4.90 Å². The Morgan fingerprint density at radius 3 is 2.74 bits per heavy atom. The van der Waals surface area contributed by atoms with Crippen molar-refractivity contribution >= 4 is 23.2 Å². The number of hydrogen-bond acceptors (Lipinski definition) is 4. The number of benzene rings is 1. The van der Waals surface area contributed by atoms with Crippen LogP contribution in [0.4, 0.5) is 0 Å². The second kappa shape index (κ2) is 5.82. The molecule has 1 aromatic carbocycles. The molecule has 19 heavy (non-hydrogen) atoms. The molecule has 0 amide bonds. The molecule has 0 radical (unpaired) electrons. The van der Waals surface area contributed by atoms with Gasteiger partial charge in [0.05, 0.1) is 11.1 Å². The lowest BCUT2D eigenvalue weighted by molar-refractivity contribution is 0.240. The van der Waals surface area contributed by atoms with Crippen molar-refractivity contribution in [2.24, 2.45) is 0 Å². The minimum Gasteiger partial charge on any atom is -0.506 e. The van der Waals surface area contributed by atoms with Crippen molar-refractivity contribution in [3.63, 3.8) is 0 Å². The van der Waals surface area contributed by atoms with E-state index in [1.165, 1.54) is 12.3 Å². The predicted octanol–water partition coefficient (Wildman–Crippen LogP) is 3.88. The van der Waals surface area contributed by atoms with Crippen LogP contribution in [0.25, 0.3) is 0 Å². The molecule has 2 aromatic rings. The summed E-state index contributed by atoms with van der Waals surface area (Å²) in [5, 5.41) is 14.3. The van der Waals surface area contributed by atoms with Crippen LogP contribution in [-0.2, 0) is 6.54 Å². The van der Waals surface area contributed by atoms with Crippen molar-refractivity contribution in [2.75, 3.05) is 7.05 Å². The molecule has 1 N–H and O–H groups in total. The van der Waals surface area contributed by atoms with Crippen molar-refractivity contribution in [1.82, 2.24) is 10.1 Å². The normalized spacial score (nSPS) is 12.9. The standard InChI is InChI=1S/C13H14Cl2N2O2/c1-8(11-5-6-19-16-11)17(2)7-9-10(14)3-4-12(18)13(9)15/h3-6,8,18H,7H2,1-2H3/t8-/m1/s1. The summed E-state index contributed by atoms with van der Waals surface area (Å²) in [5.41, 5.74) is 1.52. The number of nitrogens with zero attached hydrogens (tertiary/aromatic N) is 2. The minimum absolute atomic E-state index is 0.0311. The lowest BCUT2D eigenvalue weighted by Crippen LogP contribution is -2.22. The number of phenolic OH excluding ortho intramolecular Hbond substituents is 1. The Hall–Kier alpha value is -1.23. The second-order valence-electron chi connectivity index (χ2n) is 4.37. The van der Waals surface area contributed by atoms with Gasteiger partial charge < -0.3 is 9.63 Å². The van der Waals surface area contributed by atoms with E-state index in [-0.39, 0.29) is 16.8 Å². The topological polar surface area (TPSA) is 49.5 Å². The summed E-state index contributed by atoms with van der Waals surface area (Å²) in [5.74, 6) is 0.0311. The summed E-state index contributed by atoms with van der Waals surface area (Å²) < 4.78 is 4.83. The minimum atomic E-state index is 0.0311. The van der Waals surface area contributed by atoms with Gasteiger partial charge in [0.25, 0.3) is 0 Å². The van der Waals surface area contributed by atoms with Crippen molar-refractivity contribution in [2.45, 2.75) is 19.5 Å². The molecule has 0 unspecified atom stereocenters. The fraction of sp³-hybridized carbons (Fsp3) is 0.308. The molecule has 0 saturated heterocycles. The molecule has 0 fully saturated rings. The first-order chi connectivity index (χ1) is 9.00. The van der Waals surface area contributed by atoms with Crippen molar-refractivity contribution in [3.8, 4) is 5.75 Å². The van der Waals surface area contributed by atoms with Crippen LogP contribution in [0.15, 0.2) is 29.0 Å². The Bertz CT molecular complexity index is 558. The Morgan fingerprint density at radius 1 is 1.37 bits per heavy atom. The second-order valence-corrected chi connectivity index (χ2v) is 5.16. The van der Waals surface area contributed by atoms with Crippen LogP contribution < -0.4 is 0 Å². The number of phenols is 1. The van der Waals surface area contributed by atoms with E-state index in [0.29, 0.717) is 17.1 Å². The number of aromatic hydroxyl groups is 1. The lowest BCUT2D eigenvalue weighted by atomic mass is 10.1. The maximum absolute atomic E-state index is 9.62. The molecule has 1 aromatic heterocycles. The zero-order valence-corrected chi connectivity index (χ0v) is 12.1. The van der Waals surface area contributed by atoms with Gasteiger partial charge in [0.1, 0.15) is 17.7 Å². The summed E-state index contributed by atoms with van der Waals surface area (Å²) in [7, 11) is 1.93. The average Bonchev–Trinajstić information content (AvgIpc) is 2.92. The smallest absolute Gasteiger partial charge is 0.134 e. The van der Waals surface area contributed by atoms with Gasteiger partial charge in [-0.2, -0.15) is 0 Å². The molecule has 1 atom stereocenters. The highest BCUT2D eigenvalue weighted by Crippen LogP contribution is 2.34. The Morgan fingerprint density at radius 2 is 2.11 bits per heavy atom. The number of rotatable bonds is 4. The van der Waals surface area contributed by atoms with E-state index in [9.17, 15) is 5.11 Å². The average molecular weight is 301 g/mol. The molecule has 6 heteroatoms. The highest BCUT2D eigenvalue weighted by Gasteiger charge is 2.18. The van der Waals surface area contributed by atoms with E-state index in [2.05, 4.69) is 5.16 Å². The summed E-state index contributed by atoms with van der Waals surface area (Å²) in [6.45, 7) is 2.50. The molecule has 0 aliphatic carbocycles. The van der Waals surface area contributed by atoms with Gasteiger partial charge in [0.2, 0.25) is 0 Å². The van der Waals surface area contributed by atoms with Crippen LogP contribution in [0.2, 0.25) is 10.0 Å². The summed E-state index contributed by atoms with van der Waals surface area (Å²) in [4.78, 5) is 2.02. The van der Waals surface area contributed by atoms with E-state index >= 15 is 0 Å². The molecule has 0 aliphatic heterocycles. The van der Waals surface area contributed by atoms with Crippen LogP contribution in [0.1, 0.15) is 24.2 Å². The zero-order chi connectivity index (χ0) is 14.0. The van der Waals surface area contributed by atoms with Crippen LogP contribution in [0, 0.1) is 0 Å². The Balaban J connectivity index is 2.19. The van der Waals surface area contributed by atoms with E-state index in [1.54, 1.807) is 6.07 Å². The molecule has 0 spiro atoms. The number of halogens is 2. The van der Waals surface area contributed by atoms with Gasteiger partial charge in [0.15, 0.2) is 0 Å². The largest absolute Gasteiger partial charge is 0.506 e. The first kappa shape index (κ1) is 14.2. The van der Waals surface area contributed by atoms with Gasteiger partial charge in [-0.25, -0.2) is 0 Å². The maximum atomic E-state index is 9.62. The van der Waals surface area contributed by atoms with Crippen molar-refractivity contribution in [3.05, 3.63) is 45.8 Å². The summed E-state index contributed by atoms with van der Waals surface area (Å²) >= 11 is 12.2. The SMILES string of the molecule is C[C@H](c1ccon1)N(C)Cc1c(Cl)ccc(O)c1Cl. The zero-order valence-electron chi connectivity index (χ0n) is 10.6. The van der Waals surface area contributed by atoms with Crippen molar-refractivity contribution in [1.29, 1.82) is 0 Å². The molecule has 102 valence electrons. The summed E-state index contributed by atoms with van der Waals surface area (Å²) in [6.07, 6.45) is 1.54. The third-order valence-electron chi connectivity index (χ3n) is 3.12. The number of hydrogen-bond donors (Lipinski definition) is 1. The maximum Gasteiger partial charge on any atom is 0.134 e. The van der Waals surface area contributed by atoms with Crippen LogP contribution >= 0.6 is 23.2 Å². The van der Waals surface area contributed by atoms with E-state index in [1.807, 2.05) is 24.9 Å². The predicted molar refractivity (Wildman–Crippen MR) is 74.5 cm³/mol. The molecule has 0 bridgehead atoms. The van der Waals surface area contributed by atoms with E-state index < -0.39 is 0 Å². The quantitative estimate of drug-likeness (QED) is 0.931. The molecular formula is C13H14Cl2N2O2. The molecule has 2 rings (SSSR count). The van der Waals surface area contributed by atoms with Gasteiger partial charge in [-0.1, -0.05) is 28.4 Å². The molecule has 0 aliphatic rings. The van der Waals surface area contributed by atoms with Crippen molar-refractivity contribution < 1.29 is 9.63 Å². The van der Waals surface area contributed by atoms with Gasteiger partial charge in [0, 0.05) is 23.2 Å². The number of aromatic nitrogens is 1. The third kappa shape index (κ3) is 3.03. The van der Waals surface area contributed by atoms with Gasteiger partial charge >= 0.3 is 0 Å². The molecular weight excluding hydrogens is 287 g/mol. The molecule has 4 nitrogen and oxygen atoms in total. The first-order valence-corrected chi connectivity index (χ1v) is 6.52. The third-order valence-corrected chi connectivity index (χ3v) is 3.90.